The average molecular weight is 303 g/mol. The van der Waals surface area contributed by atoms with Crippen molar-refractivity contribution in [3.8, 4) is 0 Å². The predicted molar refractivity (Wildman–Crippen MR) is 69.5 cm³/mol. The lowest BCUT2D eigenvalue weighted by Gasteiger charge is -2.19. The minimum Gasteiger partial charge on any atom is -0.469 e. The molecule has 20 heavy (non-hydrogen) atoms. The summed E-state index contributed by atoms with van der Waals surface area (Å²) in [5, 5.41) is 10.9. The second kappa shape index (κ2) is 6.58. The van der Waals surface area contributed by atoms with E-state index in [1.165, 1.54) is 24.3 Å². The maximum absolute atomic E-state index is 11.4. The first-order chi connectivity index (χ1) is 9.24. The second-order valence-electron chi connectivity index (χ2n) is 3.84. The maximum atomic E-state index is 11.4. The highest BCUT2D eigenvalue weighted by Gasteiger charge is 2.29. The number of para-hydroxylation sites is 1. The fourth-order valence-electron chi connectivity index (χ4n) is 1.56. The van der Waals surface area contributed by atoms with E-state index in [1.807, 2.05) is 0 Å². The van der Waals surface area contributed by atoms with Crippen LogP contribution < -0.4 is 11.0 Å². The lowest BCUT2D eigenvalue weighted by molar-refractivity contribution is -0.386. The minimum atomic E-state index is -3.93. The molecule has 1 unspecified atom stereocenters. The smallest absolute Gasteiger partial charge is 0.336 e. The van der Waals surface area contributed by atoms with E-state index in [4.69, 9.17) is 15.5 Å². The van der Waals surface area contributed by atoms with E-state index in [-0.39, 0.29) is 11.3 Å². The summed E-state index contributed by atoms with van der Waals surface area (Å²) in [6.07, 6.45) is -1.63. The van der Waals surface area contributed by atoms with Crippen LogP contribution in [0.3, 0.4) is 0 Å². The fourth-order valence-corrected chi connectivity index (χ4v) is 2.15. The second-order valence-corrected chi connectivity index (χ2v) is 5.34. The van der Waals surface area contributed by atoms with Crippen LogP contribution in [0.5, 0.6) is 0 Å². The molecule has 1 aromatic rings. The zero-order valence-electron chi connectivity index (χ0n) is 10.6. The van der Waals surface area contributed by atoms with Gasteiger partial charge in [-0.05, 0) is 6.07 Å². The van der Waals surface area contributed by atoms with Crippen LogP contribution in [0.4, 0.5) is 5.69 Å². The molecule has 0 heterocycles. The van der Waals surface area contributed by atoms with Crippen LogP contribution >= 0.6 is 7.67 Å². The molecular formula is C10H14N3O6P. The van der Waals surface area contributed by atoms with Gasteiger partial charge < -0.3 is 4.74 Å². The SMILES string of the molecule is COC(=O)CC(OP(N)(N)=O)c1ccccc1[N+](=O)[O-]. The maximum Gasteiger partial charge on any atom is 0.336 e. The molecule has 0 fully saturated rings. The molecule has 0 aromatic heterocycles. The van der Waals surface area contributed by atoms with Gasteiger partial charge in [-0.15, -0.1) is 0 Å². The van der Waals surface area contributed by atoms with Crippen LogP contribution in [-0.4, -0.2) is 18.0 Å². The fraction of sp³-hybridized carbons (Fsp3) is 0.300. The predicted octanol–water partition coefficient (Wildman–Crippen LogP) is 1.24. The van der Waals surface area contributed by atoms with Crippen molar-refractivity contribution in [3.05, 3.63) is 39.9 Å². The number of rotatable bonds is 6. The number of ether oxygens (including phenoxy) is 1. The first kappa shape index (κ1) is 16.3. The Balaban J connectivity index is 3.19. The molecule has 9 nitrogen and oxygen atoms in total. The summed E-state index contributed by atoms with van der Waals surface area (Å²) in [6.45, 7) is 0. The van der Waals surface area contributed by atoms with Gasteiger partial charge in [0.1, 0.15) is 6.10 Å². The van der Waals surface area contributed by atoms with Gasteiger partial charge in [0.05, 0.1) is 24.0 Å². The summed E-state index contributed by atoms with van der Waals surface area (Å²) >= 11 is 0. The topological polar surface area (TPSA) is 148 Å². The molecule has 0 radical (unpaired) electrons. The number of hydrogen-bond acceptors (Lipinski definition) is 6. The van der Waals surface area contributed by atoms with Crippen molar-refractivity contribution >= 4 is 19.3 Å². The average Bonchev–Trinajstić information content (AvgIpc) is 2.36. The van der Waals surface area contributed by atoms with Crippen molar-refractivity contribution in [3.63, 3.8) is 0 Å². The summed E-state index contributed by atoms with van der Waals surface area (Å²) in [5.41, 5.74) is 9.96. The normalized spacial score (nSPS) is 12.8. The van der Waals surface area contributed by atoms with Crippen LogP contribution in [0.1, 0.15) is 18.1 Å². The molecule has 0 aliphatic rings. The van der Waals surface area contributed by atoms with Crippen molar-refractivity contribution in [2.75, 3.05) is 7.11 Å². The van der Waals surface area contributed by atoms with E-state index in [2.05, 4.69) is 4.74 Å². The molecule has 0 aliphatic heterocycles. The first-order valence-corrected chi connectivity index (χ1v) is 7.16. The van der Waals surface area contributed by atoms with Gasteiger partial charge in [0.15, 0.2) is 0 Å². The lowest BCUT2D eigenvalue weighted by atomic mass is 10.0. The Bertz CT molecular complexity index is 558. The van der Waals surface area contributed by atoms with Gasteiger partial charge in [-0.2, -0.15) is 0 Å². The number of carbonyl (C=O) groups is 1. The van der Waals surface area contributed by atoms with Crippen molar-refractivity contribution < 1.29 is 23.5 Å². The van der Waals surface area contributed by atoms with E-state index >= 15 is 0 Å². The Morgan fingerprint density at radius 1 is 1.45 bits per heavy atom. The first-order valence-electron chi connectivity index (χ1n) is 5.40. The van der Waals surface area contributed by atoms with Crippen molar-refractivity contribution in [1.82, 2.24) is 0 Å². The summed E-state index contributed by atoms with van der Waals surface area (Å²) in [7, 11) is -2.79. The summed E-state index contributed by atoms with van der Waals surface area (Å²) < 4.78 is 20.7. The number of nitrogens with zero attached hydrogens (tertiary/aromatic N) is 1. The minimum absolute atomic E-state index is 0.0408. The number of hydrogen-bond donors (Lipinski definition) is 2. The Morgan fingerprint density at radius 2 is 2.05 bits per heavy atom. The molecule has 0 saturated carbocycles. The number of methoxy groups -OCH3 is 1. The number of nitrogens with two attached hydrogens (primary N) is 2. The molecule has 10 heteroatoms. The van der Waals surface area contributed by atoms with Crippen molar-refractivity contribution in [1.29, 1.82) is 0 Å². The van der Waals surface area contributed by atoms with Crippen molar-refractivity contribution in [2.45, 2.75) is 12.5 Å². The Hall–Kier alpha value is -1.80. The number of nitro groups is 1. The molecule has 4 N–H and O–H groups in total. The van der Waals surface area contributed by atoms with Gasteiger partial charge in [0, 0.05) is 6.07 Å². The standard InChI is InChI=1S/C10H14N3O6P/c1-18-10(14)6-9(19-20(11,12)17)7-4-2-3-5-8(7)13(15)16/h2-5,9H,6H2,1H3,(H4,11,12,17). The molecule has 1 rings (SSSR count). The highest BCUT2D eigenvalue weighted by Crippen LogP contribution is 2.40. The van der Waals surface area contributed by atoms with E-state index < -0.39 is 31.1 Å². The molecule has 110 valence electrons. The molecular weight excluding hydrogens is 289 g/mol. The summed E-state index contributed by atoms with van der Waals surface area (Å²) in [4.78, 5) is 21.6. The van der Waals surface area contributed by atoms with Crippen LogP contribution in [0.25, 0.3) is 0 Å². The van der Waals surface area contributed by atoms with E-state index in [9.17, 15) is 19.5 Å². The van der Waals surface area contributed by atoms with Crippen LogP contribution in [0, 0.1) is 10.1 Å². The van der Waals surface area contributed by atoms with Gasteiger partial charge >= 0.3 is 13.6 Å². The van der Waals surface area contributed by atoms with E-state index in [1.54, 1.807) is 0 Å². The van der Waals surface area contributed by atoms with E-state index in [0.717, 1.165) is 7.11 Å². The third-order valence-electron chi connectivity index (χ3n) is 2.35. The molecule has 1 atom stereocenters. The lowest BCUT2D eigenvalue weighted by Crippen LogP contribution is -2.17. The quantitative estimate of drug-likeness (QED) is 0.345. The van der Waals surface area contributed by atoms with Crippen LogP contribution in [0.15, 0.2) is 24.3 Å². The largest absolute Gasteiger partial charge is 0.469 e. The van der Waals surface area contributed by atoms with Crippen LogP contribution in [0.2, 0.25) is 0 Å². The number of benzene rings is 1. The summed E-state index contributed by atoms with van der Waals surface area (Å²) in [6, 6.07) is 5.54. The molecule has 1 aromatic carbocycles. The van der Waals surface area contributed by atoms with Crippen LogP contribution in [-0.2, 0) is 18.6 Å². The van der Waals surface area contributed by atoms with Gasteiger partial charge in [-0.1, -0.05) is 12.1 Å². The monoisotopic (exact) mass is 303 g/mol. The van der Waals surface area contributed by atoms with Gasteiger partial charge in [-0.25, -0.2) is 11.0 Å². The van der Waals surface area contributed by atoms with E-state index in [0.29, 0.717) is 0 Å². The Morgan fingerprint density at radius 3 is 2.55 bits per heavy atom. The van der Waals surface area contributed by atoms with Gasteiger partial charge in [0.2, 0.25) is 0 Å². The Kier molecular flexibility index (Phi) is 5.34. The molecule has 0 saturated heterocycles. The Labute approximate surface area is 114 Å². The number of nitro benzene ring substituents is 1. The zero-order chi connectivity index (χ0) is 15.3. The highest BCUT2D eigenvalue weighted by molar-refractivity contribution is 7.53. The molecule has 0 spiro atoms. The molecule has 0 aliphatic carbocycles. The molecule has 0 bridgehead atoms. The number of carbonyl (C=O) groups excluding carboxylic acids is 1. The van der Waals surface area contributed by atoms with Crippen molar-refractivity contribution in [2.24, 2.45) is 11.0 Å². The summed E-state index contributed by atoms with van der Waals surface area (Å²) in [5.74, 6) is -0.707. The third-order valence-corrected chi connectivity index (χ3v) is 2.94. The zero-order valence-corrected chi connectivity index (χ0v) is 11.5. The van der Waals surface area contributed by atoms with Gasteiger partial charge in [0.25, 0.3) is 5.69 Å². The third kappa shape index (κ3) is 4.71. The van der Waals surface area contributed by atoms with Gasteiger partial charge in [-0.3, -0.25) is 24.0 Å². The number of esters is 1. The molecule has 0 amide bonds. The highest BCUT2D eigenvalue weighted by atomic mass is 31.2.